The van der Waals surface area contributed by atoms with Crippen molar-refractivity contribution in [2.75, 3.05) is 24.7 Å². The van der Waals surface area contributed by atoms with Gasteiger partial charge in [-0.25, -0.2) is 8.42 Å². The van der Waals surface area contributed by atoms with Gasteiger partial charge in [0.05, 0.1) is 11.5 Å². The third-order valence-corrected chi connectivity index (χ3v) is 6.53. The Balaban J connectivity index is 1.73. The molecule has 0 radical (unpaired) electrons. The Morgan fingerprint density at radius 2 is 2.23 bits per heavy atom. The second-order valence-electron chi connectivity index (χ2n) is 6.61. The number of rotatable bonds is 5. The molecule has 2 aliphatic heterocycles. The standard InChI is InChI=1S/C19H22ClNO4S/c1-2-8-21(17-7-9-26(23,24)13-17)19(22)6-3-14-10-15-11-16(20)4-5-18(15)25-12-14/h3-6,10-11,17H,2,7-9,12-13H2,1H3. The van der Waals surface area contributed by atoms with Gasteiger partial charge in [-0.15, -0.1) is 0 Å². The van der Waals surface area contributed by atoms with E-state index in [4.69, 9.17) is 16.3 Å². The number of halogens is 1. The maximum absolute atomic E-state index is 12.6. The van der Waals surface area contributed by atoms with Gasteiger partial charge >= 0.3 is 0 Å². The predicted octanol–water partition coefficient (Wildman–Crippen LogP) is 3.10. The molecule has 1 aromatic rings. The summed E-state index contributed by atoms with van der Waals surface area (Å²) in [5.74, 6) is 0.823. The van der Waals surface area contributed by atoms with Crippen LogP contribution in [0.25, 0.3) is 6.08 Å². The molecule has 1 unspecified atom stereocenters. The van der Waals surface area contributed by atoms with Gasteiger partial charge in [0.25, 0.3) is 0 Å². The fourth-order valence-electron chi connectivity index (χ4n) is 3.27. The molecule has 1 atom stereocenters. The zero-order valence-electron chi connectivity index (χ0n) is 14.7. The number of benzene rings is 1. The highest BCUT2D eigenvalue weighted by atomic mass is 35.5. The zero-order valence-corrected chi connectivity index (χ0v) is 16.2. The number of fused-ring (bicyclic) bond motifs is 1. The lowest BCUT2D eigenvalue weighted by atomic mass is 10.1. The van der Waals surface area contributed by atoms with Gasteiger partial charge in [-0.1, -0.05) is 24.6 Å². The molecule has 0 saturated carbocycles. The number of nitrogens with zero attached hydrogens (tertiary/aromatic N) is 1. The largest absolute Gasteiger partial charge is 0.488 e. The highest BCUT2D eigenvalue weighted by molar-refractivity contribution is 7.91. The van der Waals surface area contributed by atoms with Crippen LogP contribution in [0.5, 0.6) is 5.75 Å². The molecule has 0 aromatic heterocycles. The molecule has 1 fully saturated rings. The molecule has 0 bridgehead atoms. The van der Waals surface area contributed by atoms with E-state index in [-0.39, 0.29) is 23.5 Å². The first-order chi connectivity index (χ1) is 12.4. The molecular weight excluding hydrogens is 374 g/mol. The lowest BCUT2D eigenvalue weighted by Crippen LogP contribution is -2.40. The van der Waals surface area contributed by atoms with Crippen molar-refractivity contribution in [3.8, 4) is 5.75 Å². The van der Waals surface area contributed by atoms with Crippen LogP contribution in [-0.2, 0) is 14.6 Å². The molecule has 0 N–H and O–H groups in total. The molecule has 0 aliphatic carbocycles. The van der Waals surface area contributed by atoms with Gasteiger partial charge in [0.15, 0.2) is 9.84 Å². The van der Waals surface area contributed by atoms with E-state index in [9.17, 15) is 13.2 Å². The van der Waals surface area contributed by atoms with E-state index >= 15 is 0 Å². The zero-order chi connectivity index (χ0) is 18.7. The second kappa shape index (κ2) is 7.84. The van der Waals surface area contributed by atoms with Gasteiger partial charge in [-0.2, -0.15) is 0 Å². The van der Waals surface area contributed by atoms with Crippen LogP contribution in [0.2, 0.25) is 5.02 Å². The van der Waals surface area contributed by atoms with Gasteiger partial charge < -0.3 is 9.64 Å². The Labute approximate surface area is 159 Å². The molecule has 0 spiro atoms. The topological polar surface area (TPSA) is 63.7 Å². The van der Waals surface area contributed by atoms with Crippen LogP contribution in [0.4, 0.5) is 0 Å². The van der Waals surface area contributed by atoms with Gasteiger partial charge in [-0.3, -0.25) is 4.79 Å². The number of ether oxygens (including phenoxy) is 1. The number of hydrogen-bond acceptors (Lipinski definition) is 4. The summed E-state index contributed by atoms with van der Waals surface area (Å²) in [7, 11) is -3.03. The average Bonchev–Trinajstić information content (AvgIpc) is 2.96. The van der Waals surface area contributed by atoms with Crippen LogP contribution in [-0.4, -0.2) is 49.9 Å². The van der Waals surface area contributed by atoms with Crippen molar-refractivity contribution in [3.05, 3.63) is 46.5 Å². The van der Waals surface area contributed by atoms with E-state index in [1.165, 1.54) is 6.08 Å². The van der Waals surface area contributed by atoms with E-state index in [0.717, 1.165) is 23.3 Å². The van der Waals surface area contributed by atoms with Crippen molar-refractivity contribution in [2.24, 2.45) is 0 Å². The van der Waals surface area contributed by atoms with E-state index in [2.05, 4.69) is 0 Å². The lowest BCUT2D eigenvalue weighted by Gasteiger charge is -2.26. The van der Waals surface area contributed by atoms with E-state index in [1.54, 1.807) is 17.0 Å². The smallest absolute Gasteiger partial charge is 0.246 e. The highest BCUT2D eigenvalue weighted by Crippen LogP contribution is 2.29. The molecule has 5 nitrogen and oxygen atoms in total. The van der Waals surface area contributed by atoms with E-state index in [1.807, 2.05) is 25.1 Å². The Kier molecular flexibility index (Phi) is 5.73. The first kappa shape index (κ1) is 19.0. The summed E-state index contributed by atoms with van der Waals surface area (Å²) in [6, 6.07) is 5.19. The number of amides is 1. The molecule has 1 amide bonds. The summed E-state index contributed by atoms with van der Waals surface area (Å²) in [5, 5.41) is 0.626. The van der Waals surface area contributed by atoms with Crippen LogP contribution in [0.3, 0.4) is 0 Å². The average molecular weight is 396 g/mol. The van der Waals surface area contributed by atoms with Gasteiger partial charge in [0.2, 0.25) is 5.91 Å². The van der Waals surface area contributed by atoms with Crippen LogP contribution >= 0.6 is 11.6 Å². The Bertz CT molecular complexity index is 860. The van der Waals surface area contributed by atoms with Crippen molar-refractivity contribution in [3.63, 3.8) is 0 Å². The van der Waals surface area contributed by atoms with E-state index in [0.29, 0.717) is 24.6 Å². The number of carbonyl (C=O) groups is 1. The quantitative estimate of drug-likeness (QED) is 0.718. The first-order valence-electron chi connectivity index (χ1n) is 8.70. The van der Waals surface area contributed by atoms with Crippen LogP contribution < -0.4 is 4.74 Å². The summed E-state index contributed by atoms with van der Waals surface area (Å²) in [6.07, 6.45) is 6.48. The minimum atomic E-state index is -3.03. The lowest BCUT2D eigenvalue weighted by molar-refractivity contribution is -0.127. The fraction of sp³-hybridized carbons (Fsp3) is 0.421. The highest BCUT2D eigenvalue weighted by Gasteiger charge is 2.33. The second-order valence-corrected chi connectivity index (χ2v) is 9.28. The summed E-state index contributed by atoms with van der Waals surface area (Å²) in [6.45, 7) is 2.91. The summed E-state index contributed by atoms with van der Waals surface area (Å²) in [5.41, 5.74) is 1.74. The molecule has 1 saturated heterocycles. The molecule has 140 valence electrons. The summed E-state index contributed by atoms with van der Waals surface area (Å²) < 4.78 is 29.1. The first-order valence-corrected chi connectivity index (χ1v) is 10.9. The van der Waals surface area contributed by atoms with Crippen molar-refractivity contribution < 1.29 is 17.9 Å². The molecule has 7 heteroatoms. The van der Waals surface area contributed by atoms with Gasteiger partial charge in [0, 0.05) is 29.2 Å². The van der Waals surface area contributed by atoms with Crippen molar-refractivity contribution in [2.45, 2.75) is 25.8 Å². The minimum absolute atomic E-state index is 0.0598. The molecule has 26 heavy (non-hydrogen) atoms. The van der Waals surface area contributed by atoms with E-state index < -0.39 is 9.84 Å². The maximum atomic E-state index is 12.6. The maximum Gasteiger partial charge on any atom is 0.246 e. The van der Waals surface area contributed by atoms with Crippen molar-refractivity contribution in [1.82, 2.24) is 4.90 Å². The minimum Gasteiger partial charge on any atom is -0.488 e. The van der Waals surface area contributed by atoms with Crippen molar-refractivity contribution in [1.29, 1.82) is 0 Å². The normalized spacial score (nSPS) is 21.2. The van der Waals surface area contributed by atoms with Gasteiger partial charge in [0.1, 0.15) is 12.4 Å². The third kappa shape index (κ3) is 4.48. The van der Waals surface area contributed by atoms with Crippen LogP contribution in [0.1, 0.15) is 25.3 Å². The summed E-state index contributed by atoms with van der Waals surface area (Å²) >= 11 is 6.01. The van der Waals surface area contributed by atoms with Gasteiger partial charge in [-0.05, 0) is 42.7 Å². The Morgan fingerprint density at radius 1 is 1.42 bits per heavy atom. The number of hydrogen-bond donors (Lipinski definition) is 0. The summed E-state index contributed by atoms with van der Waals surface area (Å²) in [4.78, 5) is 14.3. The SMILES string of the molecule is CCCN(C(=O)C=CC1=Cc2cc(Cl)ccc2OC1)C1CCS(=O)(=O)C1. The fourth-order valence-corrected chi connectivity index (χ4v) is 5.18. The molecular formula is C19H22ClNO4S. The molecule has 3 rings (SSSR count). The molecule has 2 aliphatic rings. The monoisotopic (exact) mass is 395 g/mol. The van der Waals surface area contributed by atoms with Crippen molar-refractivity contribution >= 4 is 33.4 Å². The molecule has 2 heterocycles. The number of carbonyl (C=O) groups excluding carboxylic acids is 1. The molecule has 1 aromatic carbocycles. The van der Waals surface area contributed by atoms with Crippen LogP contribution in [0, 0.1) is 0 Å². The Hall–Kier alpha value is -1.79. The van der Waals surface area contributed by atoms with Crippen LogP contribution in [0.15, 0.2) is 35.9 Å². The number of sulfone groups is 1. The predicted molar refractivity (Wildman–Crippen MR) is 103 cm³/mol. The Morgan fingerprint density at radius 3 is 2.92 bits per heavy atom. The third-order valence-electron chi connectivity index (χ3n) is 4.54.